The van der Waals surface area contributed by atoms with E-state index in [0.717, 1.165) is 45.0 Å². The number of ether oxygens (including phenoxy) is 1. The van der Waals surface area contributed by atoms with E-state index in [4.69, 9.17) is 4.74 Å². The molecule has 2 aromatic carbocycles. The Morgan fingerprint density at radius 2 is 1.67 bits per heavy atom. The number of fused-ring (bicyclic) bond motifs is 1. The number of benzene rings is 2. The molecule has 0 amide bonds. The summed E-state index contributed by atoms with van der Waals surface area (Å²) in [6.45, 7) is 5.89. The van der Waals surface area contributed by atoms with Crippen LogP contribution in [0.15, 0.2) is 60.7 Å². The van der Waals surface area contributed by atoms with Gasteiger partial charge < -0.3 is 15.2 Å². The third-order valence-corrected chi connectivity index (χ3v) is 5.25. The summed E-state index contributed by atoms with van der Waals surface area (Å²) >= 11 is 0. The molecule has 2 aromatic heterocycles. The molecule has 2 heterocycles. The van der Waals surface area contributed by atoms with Crippen LogP contribution >= 0.6 is 0 Å². The number of aromatic nitrogens is 2. The van der Waals surface area contributed by atoms with Gasteiger partial charge in [-0.2, -0.15) is 0 Å². The fourth-order valence-corrected chi connectivity index (χ4v) is 3.71. The van der Waals surface area contributed by atoms with Gasteiger partial charge in [0.25, 0.3) is 0 Å². The lowest BCUT2D eigenvalue weighted by Crippen LogP contribution is -2.14. The molecule has 0 aliphatic heterocycles. The summed E-state index contributed by atoms with van der Waals surface area (Å²) in [6.07, 6.45) is 0. The fourth-order valence-electron chi connectivity index (χ4n) is 3.71. The summed E-state index contributed by atoms with van der Waals surface area (Å²) in [7, 11) is 1.66. The number of nitrogens with zero attached hydrogens (tertiary/aromatic N) is 2. The van der Waals surface area contributed by atoms with E-state index >= 15 is 0 Å². The van der Waals surface area contributed by atoms with Gasteiger partial charge in [-0.3, -0.25) is 0 Å². The maximum absolute atomic E-state index is 11.2. The van der Waals surface area contributed by atoms with Gasteiger partial charge in [0.05, 0.1) is 13.2 Å². The topological polar surface area (TPSA) is 67.3 Å². The van der Waals surface area contributed by atoms with Gasteiger partial charge in [-0.05, 0) is 62.2 Å². The monoisotopic (exact) mass is 399 g/mol. The first-order valence-corrected chi connectivity index (χ1v) is 9.90. The zero-order chi connectivity index (χ0) is 21.3. The molecule has 152 valence electrons. The van der Waals surface area contributed by atoms with E-state index in [0.29, 0.717) is 5.52 Å². The van der Waals surface area contributed by atoms with Crippen molar-refractivity contribution in [1.82, 2.24) is 9.97 Å². The Morgan fingerprint density at radius 1 is 0.900 bits per heavy atom. The highest BCUT2D eigenvalue weighted by Crippen LogP contribution is 2.37. The van der Waals surface area contributed by atoms with Crippen LogP contribution in [0.4, 0.5) is 5.82 Å². The Labute approximate surface area is 176 Å². The lowest BCUT2D eigenvalue weighted by atomic mass is 9.94. The Bertz CT molecular complexity index is 1220. The number of phenols is 1. The Balaban J connectivity index is 1.87. The van der Waals surface area contributed by atoms with Crippen molar-refractivity contribution in [1.29, 1.82) is 0 Å². The molecule has 4 rings (SSSR count). The number of nitrogens with one attached hydrogen (secondary N) is 1. The van der Waals surface area contributed by atoms with E-state index in [1.54, 1.807) is 7.11 Å². The minimum atomic E-state index is -0.310. The minimum absolute atomic E-state index is 0.176. The van der Waals surface area contributed by atoms with Gasteiger partial charge >= 0.3 is 0 Å². The highest BCUT2D eigenvalue weighted by Gasteiger charge is 2.21. The number of hydrogen-bond donors (Lipinski definition) is 2. The lowest BCUT2D eigenvalue weighted by molar-refractivity contribution is 0.411. The second kappa shape index (κ2) is 8.03. The van der Waals surface area contributed by atoms with Gasteiger partial charge in [-0.25, -0.2) is 9.97 Å². The SMILES string of the molecule is COc1ccc(C(Nc2cccc(C)n2)c2ccc3ccc(C)nc3c2O)cc1C. The molecule has 2 N–H and O–H groups in total. The first-order valence-electron chi connectivity index (χ1n) is 9.90. The van der Waals surface area contributed by atoms with E-state index in [1.165, 1.54) is 0 Å². The maximum atomic E-state index is 11.2. The predicted molar refractivity (Wildman–Crippen MR) is 120 cm³/mol. The van der Waals surface area contributed by atoms with Crippen molar-refractivity contribution in [2.75, 3.05) is 12.4 Å². The molecule has 0 saturated heterocycles. The Morgan fingerprint density at radius 3 is 2.40 bits per heavy atom. The zero-order valence-electron chi connectivity index (χ0n) is 17.6. The summed E-state index contributed by atoms with van der Waals surface area (Å²) in [6, 6.07) is 19.4. The number of aryl methyl sites for hydroxylation is 3. The Hall–Kier alpha value is -3.60. The highest BCUT2D eigenvalue weighted by atomic mass is 16.5. The van der Waals surface area contributed by atoms with E-state index < -0.39 is 0 Å². The summed E-state index contributed by atoms with van der Waals surface area (Å²) in [5.41, 5.74) is 5.15. The van der Waals surface area contributed by atoms with Crippen LogP contribution in [-0.2, 0) is 0 Å². The van der Waals surface area contributed by atoms with Crippen molar-refractivity contribution in [3.05, 3.63) is 88.7 Å². The van der Waals surface area contributed by atoms with Crippen LogP contribution in [0, 0.1) is 20.8 Å². The quantitative estimate of drug-likeness (QED) is 0.466. The Kier molecular flexibility index (Phi) is 5.27. The smallest absolute Gasteiger partial charge is 0.147 e. The molecule has 4 aromatic rings. The molecule has 1 atom stereocenters. The summed E-state index contributed by atoms with van der Waals surface area (Å²) < 4.78 is 5.42. The van der Waals surface area contributed by atoms with Gasteiger partial charge in [0, 0.05) is 22.3 Å². The van der Waals surface area contributed by atoms with Crippen LogP contribution < -0.4 is 10.1 Å². The van der Waals surface area contributed by atoms with Crippen LogP contribution in [0.3, 0.4) is 0 Å². The average Bonchev–Trinajstić information content (AvgIpc) is 2.73. The third-order valence-electron chi connectivity index (χ3n) is 5.25. The van der Waals surface area contributed by atoms with E-state index in [-0.39, 0.29) is 11.8 Å². The third kappa shape index (κ3) is 3.79. The van der Waals surface area contributed by atoms with Crippen molar-refractivity contribution < 1.29 is 9.84 Å². The van der Waals surface area contributed by atoms with Gasteiger partial charge in [0.1, 0.15) is 22.8 Å². The molecule has 0 saturated carbocycles. The highest BCUT2D eigenvalue weighted by molar-refractivity contribution is 5.86. The average molecular weight is 399 g/mol. The number of rotatable bonds is 5. The number of hydrogen-bond acceptors (Lipinski definition) is 5. The van der Waals surface area contributed by atoms with Crippen molar-refractivity contribution in [3.63, 3.8) is 0 Å². The molecule has 1 unspecified atom stereocenters. The molecule has 5 heteroatoms. The predicted octanol–water partition coefficient (Wildman–Crippen LogP) is 5.47. The lowest BCUT2D eigenvalue weighted by Gasteiger charge is -2.23. The molecular formula is C25H25N3O2. The van der Waals surface area contributed by atoms with Crippen LogP contribution in [0.5, 0.6) is 11.5 Å². The van der Waals surface area contributed by atoms with Crippen molar-refractivity contribution in [2.24, 2.45) is 0 Å². The molecule has 0 bridgehead atoms. The molecule has 0 spiro atoms. The molecule has 5 nitrogen and oxygen atoms in total. The van der Waals surface area contributed by atoms with E-state index in [1.807, 2.05) is 75.4 Å². The standard InChI is InChI=1S/C25H25N3O2/c1-15-14-19(11-13-21(15)30-4)23(28-22-7-5-6-16(2)26-22)20-12-10-18-9-8-17(3)27-24(18)25(20)29/h5-14,23,29H,1-4H3,(H,26,28). The van der Waals surface area contributed by atoms with Gasteiger partial charge in [0.2, 0.25) is 0 Å². The number of phenolic OH excluding ortho intramolecular Hbond substituents is 1. The van der Waals surface area contributed by atoms with Crippen LogP contribution in [0.2, 0.25) is 0 Å². The summed E-state index contributed by atoms with van der Waals surface area (Å²) in [4.78, 5) is 9.16. The largest absolute Gasteiger partial charge is 0.505 e. The van der Waals surface area contributed by atoms with Crippen molar-refractivity contribution >= 4 is 16.7 Å². The normalized spacial score (nSPS) is 12.0. The van der Waals surface area contributed by atoms with E-state index in [9.17, 15) is 5.11 Å². The molecule has 30 heavy (non-hydrogen) atoms. The summed E-state index contributed by atoms with van der Waals surface area (Å²) in [5, 5.41) is 15.6. The first-order chi connectivity index (χ1) is 14.5. The zero-order valence-corrected chi connectivity index (χ0v) is 17.6. The number of aromatic hydroxyl groups is 1. The van der Waals surface area contributed by atoms with Gasteiger partial charge in [0.15, 0.2) is 0 Å². The molecule has 0 fully saturated rings. The fraction of sp³-hybridized carbons (Fsp3) is 0.200. The number of methoxy groups -OCH3 is 1. The van der Waals surface area contributed by atoms with Gasteiger partial charge in [-0.15, -0.1) is 0 Å². The number of anilines is 1. The first kappa shape index (κ1) is 19.7. The van der Waals surface area contributed by atoms with Crippen LogP contribution in [0.1, 0.15) is 34.1 Å². The molecule has 0 aliphatic rings. The van der Waals surface area contributed by atoms with Crippen LogP contribution in [0.25, 0.3) is 10.9 Å². The second-order valence-corrected chi connectivity index (χ2v) is 7.50. The van der Waals surface area contributed by atoms with Gasteiger partial charge in [-0.1, -0.05) is 30.3 Å². The minimum Gasteiger partial charge on any atom is -0.505 e. The molecule has 0 radical (unpaired) electrons. The maximum Gasteiger partial charge on any atom is 0.147 e. The molecule has 0 aliphatic carbocycles. The number of pyridine rings is 2. The molecular weight excluding hydrogens is 374 g/mol. The second-order valence-electron chi connectivity index (χ2n) is 7.50. The van der Waals surface area contributed by atoms with E-state index in [2.05, 4.69) is 21.4 Å². The van der Waals surface area contributed by atoms with Crippen molar-refractivity contribution in [3.8, 4) is 11.5 Å². The summed E-state index contributed by atoms with van der Waals surface area (Å²) in [5.74, 6) is 1.74. The van der Waals surface area contributed by atoms with Crippen molar-refractivity contribution in [2.45, 2.75) is 26.8 Å². The van der Waals surface area contributed by atoms with Crippen LogP contribution in [-0.4, -0.2) is 22.2 Å².